The van der Waals surface area contributed by atoms with Crippen LogP contribution in [0.4, 0.5) is 5.82 Å². The molecule has 0 radical (unpaired) electrons. The van der Waals surface area contributed by atoms with E-state index in [0.717, 1.165) is 22.3 Å². The average Bonchev–Trinajstić information content (AvgIpc) is 3.29. The molecule has 0 aliphatic carbocycles. The molecule has 1 saturated heterocycles. The predicted octanol–water partition coefficient (Wildman–Crippen LogP) is 2.52. The van der Waals surface area contributed by atoms with Crippen LogP contribution >= 0.6 is 0 Å². The number of fused-ring (bicyclic) bond motifs is 3. The molecule has 4 heterocycles. The highest BCUT2D eigenvalue weighted by atomic mass is 16.7. The quantitative estimate of drug-likeness (QED) is 0.468. The van der Waals surface area contributed by atoms with Crippen LogP contribution in [0.2, 0.25) is 0 Å². The Bertz CT molecular complexity index is 1530. The monoisotopic (exact) mass is 445 g/mol. The summed E-state index contributed by atoms with van der Waals surface area (Å²) in [4.78, 5) is 37.5. The van der Waals surface area contributed by atoms with E-state index in [0.29, 0.717) is 48.3 Å². The summed E-state index contributed by atoms with van der Waals surface area (Å²) in [6.45, 7) is 3.50. The number of aromatic nitrogens is 4. The maximum absolute atomic E-state index is 13.3. The molecular weight excluding hydrogens is 422 g/mol. The summed E-state index contributed by atoms with van der Waals surface area (Å²) in [5, 5.41) is 1.48. The van der Waals surface area contributed by atoms with E-state index < -0.39 is 0 Å². The van der Waals surface area contributed by atoms with Crippen LogP contribution in [0.1, 0.15) is 24.4 Å². The molecule has 0 saturated carbocycles. The lowest BCUT2D eigenvalue weighted by molar-refractivity contribution is 0.174. The number of benzene rings is 2. The van der Waals surface area contributed by atoms with E-state index in [1.807, 2.05) is 37.3 Å². The van der Waals surface area contributed by atoms with Crippen LogP contribution in [0.5, 0.6) is 11.5 Å². The van der Waals surface area contributed by atoms with Gasteiger partial charge < -0.3 is 14.4 Å². The van der Waals surface area contributed by atoms with E-state index in [9.17, 15) is 9.59 Å². The van der Waals surface area contributed by atoms with Crippen molar-refractivity contribution in [3.63, 3.8) is 0 Å². The Morgan fingerprint density at radius 3 is 2.52 bits per heavy atom. The molecule has 0 amide bonds. The molecular formula is C24H23N5O4. The Kier molecular flexibility index (Phi) is 4.39. The van der Waals surface area contributed by atoms with Crippen molar-refractivity contribution in [2.75, 3.05) is 24.8 Å². The molecule has 1 fully saturated rings. The van der Waals surface area contributed by atoms with Gasteiger partial charge in [-0.05, 0) is 38.0 Å². The van der Waals surface area contributed by atoms with Gasteiger partial charge in [-0.15, -0.1) is 0 Å². The lowest BCUT2D eigenvalue weighted by Gasteiger charge is -2.34. The van der Waals surface area contributed by atoms with Crippen LogP contribution < -0.4 is 25.6 Å². The van der Waals surface area contributed by atoms with Crippen molar-refractivity contribution in [2.45, 2.75) is 25.8 Å². The second kappa shape index (κ2) is 7.33. The topological polar surface area (TPSA) is 91.5 Å². The van der Waals surface area contributed by atoms with Gasteiger partial charge >= 0.3 is 5.69 Å². The zero-order valence-corrected chi connectivity index (χ0v) is 18.4. The SMILES string of the molecule is Cc1ccc2c(c1)c(=O)n(C1CCN(c3ncnc4cc5c(cc34)OCO5)CC1)c(=O)n2C. The van der Waals surface area contributed by atoms with Gasteiger partial charge in [0.15, 0.2) is 11.5 Å². The zero-order valence-electron chi connectivity index (χ0n) is 18.4. The summed E-state index contributed by atoms with van der Waals surface area (Å²) in [5.41, 5.74) is 1.97. The van der Waals surface area contributed by atoms with Crippen LogP contribution in [0.25, 0.3) is 21.8 Å². The fourth-order valence-corrected chi connectivity index (χ4v) is 4.94. The van der Waals surface area contributed by atoms with Gasteiger partial charge in [-0.3, -0.25) is 13.9 Å². The Labute approximate surface area is 188 Å². The molecule has 0 N–H and O–H groups in total. The van der Waals surface area contributed by atoms with E-state index >= 15 is 0 Å². The van der Waals surface area contributed by atoms with Crippen molar-refractivity contribution >= 4 is 27.6 Å². The molecule has 9 nitrogen and oxygen atoms in total. The van der Waals surface area contributed by atoms with Crippen molar-refractivity contribution in [2.24, 2.45) is 7.05 Å². The fraction of sp³-hybridized carbons (Fsp3) is 0.333. The summed E-state index contributed by atoms with van der Waals surface area (Å²) in [6.07, 6.45) is 2.89. The maximum atomic E-state index is 13.3. The molecule has 2 aromatic heterocycles. The second-order valence-electron chi connectivity index (χ2n) is 8.68. The van der Waals surface area contributed by atoms with Crippen LogP contribution in [0, 0.1) is 6.92 Å². The van der Waals surface area contributed by atoms with Gasteiger partial charge in [0.1, 0.15) is 12.1 Å². The predicted molar refractivity (Wildman–Crippen MR) is 124 cm³/mol. The molecule has 2 aliphatic rings. The molecule has 0 atom stereocenters. The Balaban J connectivity index is 1.34. The highest BCUT2D eigenvalue weighted by Gasteiger charge is 2.27. The zero-order chi connectivity index (χ0) is 22.7. The van der Waals surface area contributed by atoms with Gasteiger partial charge in [0.05, 0.1) is 16.4 Å². The minimum atomic E-state index is -0.269. The van der Waals surface area contributed by atoms with Crippen LogP contribution in [-0.4, -0.2) is 39.0 Å². The minimum Gasteiger partial charge on any atom is -0.454 e. The number of nitrogens with zero attached hydrogens (tertiary/aromatic N) is 5. The lowest BCUT2D eigenvalue weighted by atomic mass is 10.0. The first kappa shape index (κ1) is 19.8. The summed E-state index contributed by atoms with van der Waals surface area (Å²) in [5.74, 6) is 2.20. The van der Waals surface area contributed by atoms with E-state index in [-0.39, 0.29) is 24.1 Å². The number of hydrogen-bond donors (Lipinski definition) is 0. The number of aryl methyl sites for hydroxylation is 2. The molecule has 168 valence electrons. The Morgan fingerprint density at radius 1 is 0.970 bits per heavy atom. The van der Waals surface area contributed by atoms with Crippen molar-refractivity contribution in [3.8, 4) is 11.5 Å². The van der Waals surface area contributed by atoms with Gasteiger partial charge in [-0.2, -0.15) is 0 Å². The minimum absolute atomic E-state index is 0.161. The molecule has 0 spiro atoms. The van der Waals surface area contributed by atoms with Crippen molar-refractivity contribution in [1.82, 2.24) is 19.1 Å². The third-order valence-electron chi connectivity index (χ3n) is 6.69. The normalized spacial score (nSPS) is 16.1. The summed E-state index contributed by atoms with van der Waals surface area (Å²) < 4.78 is 14.0. The Morgan fingerprint density at radius 2 is 1.73 bits per heavy atom. The summed E-state index contributed by atoms with van der Waals surface area (Å²) >= 11 is 0. The standard InChI is InChI=1S/C24H23N5O4/c1-14-3-4-19-17(9-14)23(30)29(24(31)27(19)2)15-5-7-28(8-6-15)22-16-10-20-21(33-13-32-20)11-18(16)25-12-26-22/h3-4,9-12,15H,5-8,13H2,1-2H3. The molecule has 0 bridgehead atoms. The van der Waals surface area contributed by atoms with Gasteiger partial charge in [0, 0.05) is 37.6 Å². The molecule has 33 heavy (non-hydrogen) atoms. The van der Waals surface area contributed by atoms with E-state index in [4.69, 9.17) is 9.47 Å². The fourth-order valence-electron chi connectivity index (χ4n) is 4.94. The number of anilines is 1. The maximum Gasteiger partial charge on any atom is 0.331 e. The number of hydrogen-bond acceptors (Lipinski definition) is 7. The van der Waals surface area contributed by atoms with Crippen LogP contribution in [0.15, 0.2) is 46.2 Å². The van der Waals surface area contributed by atoms with Crippen molar-refractivity contribution in [1.29, 1.82) is 0 Å². The molecule has 6 rings (SSSR count). The third-order valence-corrected chi connectivity index (χ3v) is 6.69. The van der Waals surface area contributed by atoms with Crippen LogP contribution in [0.3, 0.4) is 0 Å². The largest absolute Gasteiger partial charge is 0.454 e. The molecule has 4 aromatic rings. The summed E-state index contributed by atoms with van der Waals surface area (Å²) in [6, 6.07) is 9.25. The van der Waals surface area contributed by atoms with E-state index in [1.54, 1.807) is 17.9 Å². The smallest absolute Gasteiger partial charge is 0.331 e. The van der Waals surface area contributed by atoms with Crippen molar-refractivity contribution < 1.29 is 9.47 Å². The average molecular weight is 445 g/mol. The highest BCUT2D eigenvalue weighted by Crippen LogP contribution is 2.38. The first-order chi connectivity index (χ1) is 16.0. The van der Waals surface area contributed by atoms with Gasteiger partial charge in [0.2, 0.25) is 6.79 Å². The van der Waals surface area contributed by atoms with Gasteiger partial charge in [-0.25, -0.2) is 14.8 Å². The molecule has 0 unspecified atom stereocenters. The summed E-state index contributed by atoms with van der Waals surface area (Å²) in [7, 11) is 1.72. The van der Waals surface area contributed by atoms with Gasteiger partial charge in [0.25, 0.3) is 5.56 Å². The first-order valence-electron chi connectivity index (χ1n) is 11.0. The van der Waals surface area contributed by atoms with E-state index in [2.05, 4.69) is 14.9 Å². The lowest BCUT2D eigenvalue weighted by Crippen LogP contribution is -2.45. The third kappa shape index (κ3) is 3.06. The second-order valence-corrected chi connectivity index (χ2v) is 8.68. The molecule has 9 heteroatoms. The van der Waals surface area contributed by atoms with Crippen molar-refractivity contribution in [3.05, 3.63) is 63.1 Å². The van der Waals surface area contributed by atoms with Crippen LogP contribution in [-0.2, 0) is 7.05 Å². The molecule has 2 aliphatic heterocycles. The van der Waals surface area contributed by atoms with Gasteiger partial charge in [-0.1, -0.05) is 11.6 Å². The molecule has 2 aromatic carbocycles. The van der Waals surface area contributed by atoms with E-state index in [1.165, 1.54) is 4.57 Å². The number of rotatable bonds is 2. The highest BCUT2D eigenvalue weighted by molar-refractivity contribution is 5.92. The number of piperidine rings is 1. The first-order valence-corrected chi connectivity index (χ1v) is 11.0. The number of ether oxygens (including phenoxy) is 2. The Hall–Kier alpha value is -3.88.